The summed E-state index contributed by atoms with van der Waals surface area (Å²) in [7, 11) is 6.42. The Kier molecular flexibility index (Phi) is 7.42. The number of aromatic nitrogens is 1. The number of hydrogen-bond donors (Lipinski definition) is 3. The van der Waals surface area contributed by atoms with Crippen LogP contribution in [0, 0.1) is 19.7 Å². The smallest absolute Gasteiger partial charge is 0.256 e. The van der Waals surface area contributed by atoms with Gasteiger partial charge in [-0.25, -0.2) is 4.39 Å². The molecule has 1 atom stereocenters. The summed E-state index contributed by atoms with van der Waals surface area (Å²) >= 11 is 0. The maximum absolute atomic E-state index is 13.8. The molecular formula is C25H30FN5O4. The van der Waals surface area contributed by atoms with E-state index in [0.29, 0.717) is 33.8 Å². The van der Waals surface area contributed by atoms with Crippen LogP contribution >= 0.6 is 0 Å². The van der Waals surface area contributed by atoms with Crippen molar-refractivity contribution < 1.29 is 23.6 Å². The number of nitrogens with zero attached hydrogens (tertiary/aromatic N) is 2. The topological polar surface area (TPSA) is 115 Å². The number of H-pyrrole nitrogens is 1. The third-order valence-electron chi connectivity index (χ3n) is 5.95. The highest BCUT2D eigenvalue weighted by atomic mass is 19.1. The third kappa shape index (κ3) is 5.42. The number of aromatic amines is 1. The van der Waals surface area contributed by atoms with Crippen LogP contribution in [0.15, 0.2) is 18.2 Å². The first-order valence-electron chi connectivity index (χ1n) is 11.1. The Hall–Kier alpha value is -3.95. The van der Waals surface area contributed by atoms with E-state index in [9.17, 15) is 23.6 Å². The maximum Gasteiger partial charge on any atom is 0.256 e. The maximum atomic E-state index is 13.8. The largest absolute Gasteiger partial charge is 0.358 e. The average molecular weight is 484 g/mol. The van der Waals surface area contributed by atoms with Crippen LogP contribution in [-0.2, 0) is 14.4 Å². The number of rotatable bonds is 7. The highest BCUT2D eigenvalue weighted by molar-refractivity contribution is 6.34. The number of halogens is 1. The molecular weight excluding hydrogens is 453 g/mol. The number of carbonyl (C=O) groups is 4. The molecule has 1 aliphatic rings. The Morgan fingerprint density at radius 2 is 1.80 bits per heavy atom. The van der Waals surface area contributed by atoms with Gasteiger partial charge in [-0.15, -0.1) is 0 Å². The molecule has 35 heavy (non-hydrogen) atoms. The number of carbonyl (C=O) groups excluding carboxylic acids is 4. The highest BCUT2D eigenvalue weighted by Gasteiger charge is 2.28. The molecule has 0 spiro atoms. The number of fused-ring (bicyclic) bond motifs is 1. The molecule has 9 nitrogen and oxygen atoms in total. The summed E-state index contributed by atoms with van der Waals surface area (Å²) in [6, 6.07) is 3.17. The van der Waals surface area contributed by atoms with E-state index in [0.717, 1.165) is 0 Å². The lowest BCUT2D eigenvalue weighted by atomic mass is 10.0. The lowest BCUT2D eigenvalue weighted by molar-refractivity contribution is -0.132. The van der Waals surface area contributed by atoms with Crippen molar-refractivity contribution in [2.75, 3.05) is 33.5 Å². The summed E-state index contributed by atoms with van der Waals surface area (Å²) in [5.74, 6) is -1.77. The minimum atomic E-state index is -0.882. The number of likely N-dealkylation sites (N-methyl/N-ethyl adjacent to an activating group) is 1. The van der Waals surface area contributed by atoms with Gasteiger partial charge in [0.1, 0.15) is 11.9 Å². The van der Waals surface area contributed by atoms with Crippen molar-refractivity contribution >= 4 is 41.0 Å². The van der Waals surface area contributed by atoms with Gasteiger partial charge in [0, 0.05) is 57.3 Å². The van der Waals surface area contributed by atoms with Crippen LogP contribution in [0.2, 0.25) is 0 Å². The van der Waals surface area contributed by atoms with E-state index in [2.05, 4.69) is 15.6 Å². The van der Waals surface area contributed by atoms with Gasteiger partial charge in [0.2, 0.25) is 11.8 Å². The molecule has 4 amide bonds. The number of aryl methyl sites for hydroxylation is 1. The van der Waals surface area contributed by atoms with Gasteiger partial charge in [-0.2, -0.15) is 0 Å². The molecule has 0 saturated carbocycles. The quantitative estimate of drug-likeness (QED) is 0.525. The first-order valence-corrected chi connectivity index (χ1v) is 11.1. The van der Waals surface area contributed by atoms with Gasteiger partial charge >= 0.3 is 0 Å². The summed E-state index contributed by atoms with van der Waals surface area (Å²) in [4.78, 5) is 56.3. The fourth-order valence-corrected chi connectivity index (χ4v) is 4.00. The predicted octanol–water partition coefficient (Wildman–Crippen LogP) is 2.32. The second kappa shape index (κ2) is 10.1. The van der Waals surface area contributed by atoms with Crippen molar-refractivity contribution in [1.29, 1.82) is 0 Å². The minimum absolute atomic E-state index is 0.102. The molecule has 0 saturated heterocycles. The molecule has 0 bridgehead atoms. The standard InChI is InChI=1S/C25H30FN5O4/c1-13-20(12-17-16-11-15(26)7-8-18(16)28-23(17)33)27-14(2)22(13)24(34)29-19(25(35)31(5)6)9-10-21(32)30(3)4/h7-8,11-12,19,27H,9-10H2,1-6H3,(H,28,33)(H,29,34)/t19-/m0/s1. The zero-order valence-corrected chi connectivity index (χ0v) is 20.7. The monoisotopic (exact) mass is 483 g/mol. The predicted molar refractivity (Wildman–Crippen MR) is 131 cm³/mol. The van der Waals surface area contributed by atoms with E-state index in [-0.39, 0.29) is 36.1 Å². The summed E-state index contributed by atoms with van der Waals surface area (Å²) < 4.78 is 13.8. The highest BCUT2D eigenvalue weighted by Crippen LogP contribution is 2.34. The van der Waals surface area contributed by atoms with Gasteiger partial charge in [-0.05, 0) is 50.1 Å². The molecule has 0 aliphatic carbocycles. The Bertz CT molecular complexity index is 1230. The van der Waals surface area contributed by atoms with Gasteiger partial charge in [-0.1, -0.05) is 0 Å². The molecule has 0 radical (unpaired) electrons. The van der Waals surface area contributed by atoms with Crippen LogP contribution in [0.4, 0.5) is 10.1 Å². The second-order valence-electron chi connectivity index (χ2n) is 8.95. The Morgan fingerprint density at radius 1 is 1.11 bits per heavy atom. The van der Waals surface area contributed by atoms with Crippen molar-refractivity contribution in [1.82, 2.24) is 20.1 Å². The van der Waals surface area contributed by atoms with E-state index in [1.165, 1.54) is 28.0 Å². The molecule has 2 heterocycles. The fraction of sp³-hybridized carbons (Fsp3) is 0.360. The summed E-state index contributed by atoms with van der Waals surface area (Å²) in [5, 5.41) is 5.46. The molecule has 2 aromatic rings. The third-order valence-corrected chi connectivity index (χ3v) is 5.95. The zero-order chi connectivity index (χ0) is 26.0. The molecule has 1 aromatic carbocycles. The van der Waals surface area contributed by atoms with Gasteiger partial charge in [0.25, 0.3) is 11.8 Å². The number of hydrogen-bond acceptors (Lipinski definition) is 4. The van der Waals surface area contributed by atoms with Crippen molar-refractivity contribution in [2.45, 2.75) is 32.7 Å². The van der Waals surface area contributed by atoms with Crippen molar-refractivity contribution in [2.24, 2.45) is 0 Å². The van der Waals surface area contributed by atoms with Gasteiger partial charge in [0.15, 0.2) is 0 Å². The average Bonchev–Trinajstić information content (AvgIpc) is 3.24. The fourth-order valence-electron chi connectivity index (χ4n) is 4.00. The minimum Gasteiger partial charge on any atom is -0.358 e. The lowest BCUT2D eigenvalue weighted by Crippen LogP contribution is -2.47. The van der Waals surface area contributed by atoms with Crippen LogP contribution in [0.25, 0.3) is 11.6 Å². The summed E-state index contributed by atoms with van der Waals surface area (Å²) in [5.41, 5.74) is 3.21. The number of nitrogens with one attached hydrogen (secondary N) is 3. The first kappa shape index (κ1) is 25.7. The van der Waals surface area contributed by atoms with Crippen LogP contribution in [0.5, 0.6) is 0 Å². The van der Waals surface area contributed by atoms with Gasteiger partial charge < -0.3 is 25.4 Å². The van der Waals surface area contributed by atoms with Gasteiger partial charge in [0.05, 0.1) is 11.1 Å². The molecule has 3 N–H and O–H groups in total. The molecule has 10 heteroatoms. The normalized spacial score (nSPS) is 14.4. The van der Waals surface area contributed by atoms with E-state index >= 15 is 0 Å². The zero-order valence-electron chi connectivity index (χ0n) is 20.7. The van der Waals surface area contributed by atoms with E-state index in [1.54, 1.807) is 48.1 Å². The first-order chi connectivity index (χ1) is 16.4. The number of anilines is 1. The van der Waals surface area contributed by atoms with Crippen molar-refractivity contribution in [3.05, 3.63) is 52.1 Å². The lowest BCUT2D eigenvalue weighted by Gasteiger charge is -2.22. The number of benzene rings is 1. The van der Waals surface area contributed by atoms with Gasteiger partial charge in [-0.3, -0.25) is 19.2 Å². The van der Waals surface area contributed by atoms with Crippen molar-refractivity contribution in [3.63, 3.8) is 0 Å². The summed E-state index contributed by atoms with van der Waals surface area (Å²) in [6.07, 6.45) is 1.84. The molecule has 0 fully saturated rings. The van der Waals surface area contributed by atoms with E-state index in [1.807, 2.05) is 0 Å². The Balaban J connectivity index is 1.89. The molecule has 186 valence electrons. The van der Waals surface area contributed by atoms with Crippen LogP contribution in [0.1, 0.15) is 45.7 Å². The second-order valence-corrected chi connectivity index (χ2v) is 8.95. The Morgan fingerprint density at radius 3 is 2.43 bits per heavy atom. The molecule has 3 rings (SSSR count). The van der Waals surface area contributed by atoms with Crippen LogP contribution in [0.3, 0.4) is 0 Å². The SMILES string of the molecule is Cc1[nH]c(C=C2C(=O)Nc3ccc(F)cc32)c(C)c1C(=O)N[C@@H](CCC(=O)N(C)C)C(=O)N(C)C. The molecule has 1 aliphatic heterocycles. The number of amides is 4. The molecule has 0 unspecified atom stereocenters. The molecule has 1 aromatic heterocycles. The van der Waals surface area contributed by atoms with E-state index in [4.69, 9.17) is 0 Å². The van der Waals surface area contributed by atoms with Crippen molar-refractivity contribution in [3.8, 4) is 0 Å². The van der Waals surface area contributed by atoms with Crippen LogP contribution in [-0.4, -0.2) is 72.6 Å². The summed E-state index contributed by atoms with van der Waals surface area (Å²) in [6.45, 7) is 3.44. The Labute approximate surface area is 203 Å². The van der Waals surface area contributed by atoms with E-state index < -0.39 is 17.8 Å². The van der Waals surface area contributed by atoms with Crippen LogP contribution < -0.4 is 10.6 Å².